The van der Waals surface area contributed by atoms with Crippen LogP contribution in [0.5, 0.6) is 0 Å². The lowest BCUT2D eigenvalue weighted by molar-refractivity contribution is 0.0979. The second-order valence-corrected chi connectivity index (χ2v) is 7.40. The minimum atomic E-state index is -0.209. The lowest BCUT2D eigenvalue weighted by Crippen LogP contribution is -2.27. The van der Waals surface area contributed by atoms with Crippen molar-refractivity contribution in [2.24, 2.45) is 16.0 Å². The minimum absolute atomic E-state index is 0.0195. The van der Waals surface area contributed by atoms with Crippen LogP contribution in [0.2, 0.25) is 0 Å². The fourth-order valence-corrected chi connectivity index (χ4v) is 4.10. The number of benzene rings is 2. The molecule has 1 fully saturated rings. The zero-order valence-electron chi connectivity index (χ0n) is 16.1. The molecule has 2 aliphatic carbocycles. The largest absolute Gasteiger partial charge is 0.382 e. The molecule has 0 spiro atoms. The maximum Gasteiger partial charge on any atom is 0.196 e. The molecule has 7 nitrogen and oxygen atoms in total. The molecule has 0 heterocycles. The molecule has 4 N–H and O–H groups in total. The van der Waals surface area contributed by atoms with Crippen LogP contribution in [0.1, 0.15) is 69.5 Å². The first-order valence-corrected chi connectivity index (χ1v) is 9.89. The average Bonchev–Trinajstić information content (AvgIpc) is 2.76. The van der Waals surface area contributed by atoms with Crippen LogP contribution in [-0.2, 0) is 0 Å². The van der Waals surface area contributed by atoms with E-state index in [1.54, 1.807) is 24.3 Å². The third-order valence-electron chi connectivity index (χ3n) is 5.54. The molecular weight excluding hydrogens is 366 g/mol. The van der Waals surface area contributed by atoms with E-state index >= 15 is 0 Å². The molecule has 0 saturated heterocycles. The van der Waals surface area contributed by atoms with Crippen molar-refractivity contribution in [1.29, 1.82) is 5.41 Å². The normalized spacial score (nSPS) is 16.6. The standard InChI is InChI=1S/C22H23N5O2/c23-12-25-27-22(24)13-9-10-15-17(11-13)21(29)19-16(20(15)28)7-4-8-18(19)26-14-5-2-1-3-6-14/h4,7-11,14,24,26H,1-3,5-6,12,23H2. The number of rotatable bonds is 4. The van der Waals surface area contributed by atoms with E-state index in [0.29, 0.717) is 39.5 Å². The molecule has 2 aromatic carbocycles. The van der Waals surface area contributed by atoms with Gasteiger partial charge in [-0.1, -0.05) is 37.5 Å². The summed E-state index contributed by atoms with van der Waals surface area (Å²) in [6.45, 7) is -0.0195. The van der Waals surface area contributed by atoms with Gasteiger partial charge in [0.2, 0.25) is 0 Å². The average molecular weight is 389 g/mol. The molecule has 148 valence electrons. The van der Waals surface area contributed by atoms with Gasteiger partial charge < -0.3 is 11.1 Å². The summed E-state index contributed by atoms with van der Waals surface area (Å²) in [6, 6.07) is 10.4. The molecule has 0 amide bonds. The number of carbonyl (C=O) groups excluding carboxylic acids is 2. The number of hydrogen-bond donors (Lipinski definition) is 3. The number of carbonyl (C=O) groups is 2. The summed E-state index contributed by atoms with van der Waals surface area (Å²) in [7, 11) is 0. The SMILES string of the molecule is N=C(N=NCN)c1ccc2c(c1)C(=O)c1c(NC3CCCCC3)cccc1C2=O. The molecule has 7 heteroatoms. The van der Waals surface area contributed by atoms with E-state index in [0.717, 1.165) is 12.8 Å². The van der Waals surface area contributed by atoms with Gasteiger partial charge in [0.05, 0.1) is 5.56 Å². The molecule has 0 aliphatic heterocycles. The van der Waals surface area contributed by atoms with Crippen LogP contribution in [-0.4, -0.2) is 30.1 Å². The summed E-state index contributed by atoms with van der Waals surface area (Å²) < 4.78 is 0. The van der Waals surface area contributed by atoms with Gasteiger partial charge in [0.1, 0.15) is 6.67 Å². The minimum Gasteiger partial charge on any atom is -0.382 e. The Balaban J connectivity index is 1.73. The van der Waals surface area contributed by atoms with E-state index in [1.165, 1.54) is 19.3 Å². The first kappa shape index (κ1) is 19.1. The fraction of sp³-hybridized carbons (Fsp3) is 0.318. The van der Waals surface area contributed by atoms with Crippen LogP contribution in [0.25, 0.3) is 0 Å². The molecule has 0 unspecified atom stereocenters. The Labute approximate surface area is 168 Å². The van der Waals surface area contributed by atoms with Gasteiger partial charge in [-0.3, -0.25) is 15.0 Å². The third-order valence-corrected chi connectivity index (χ3v) is 5.54. The maximum absolute atomic E-state index is 13.4. The number of anilines is 1. The van der Waals surface area contributed by atoms with Gasteiger partial charge in [0.15, 0.2) is 17.4 Å². The van der Waals surface area contributed by atoms with Crippen molar-refractivity contribution >= 4 is 23.1 Å². The van der Waals surface area contributed by atoms with Crippen molar-refractivity contribution in [3.05, 3.63) is 64.2 Å². The number of amidine groups is 1. The Morgan fingerprint density at radius 2 is 1.83 bits per heavy atom. The molecule has 2 aromatic rings. The van der Waals surface area contributed by atoms with Crippen molar-refractivity contribution in [3.8, 4) is 0 Å². The second-order valence-electron chi connectivity index (χ2n) is 7.40. The maximum atomic E-state index is 13.4. The quantitative estimate of drug-likeness (QED) is 0.356. The van der Waals surface area contributed by atoms with Crippen LogP contribution < -0.4 is 11.1 Å². The number of hydrogen-bond acceptors (Lipinski definition) is 6. The lowest BCUT2D eigenvalue weighted by Gasteiger charge is -2.27. The molecule has 0 atom stereocenters. The zero-order chi connectivity index (χ0) is 20.4. The predicted octanol–water partition coefficient (Wildman–Crippen LogP) is 3.90. The first-order chi connectivity index (χ1) is 14.1. The Morgan fingerprint density at radius 3 is 2.59 bits per heavy atom. The van der Waals surface area contributed by atoms with Gasteiger partial charge in [0.25, 0.3) is 0 Å². The van der Waals surface area contributed by atoms with Crippen LogP contribution in [0.3, 0.4) is 0 Å². The molecule has 0 aromatic heterocycles. The number of fused-ring (bicyclic) bond motifs is 2. The van der Waals surface area contributed by atoms with Gasteiger partial charge in [0, 0.05) is 34.0 Å². The van der Waals surface area contributed by atoms with E-state index in [1.807, 2.05) is 12.1 Å². The van der Waals surface area contributed by atoms with Crippen LogP contribution >= 0.6 is 0 Å². The number of ketones is 2. The van der Waals surface area contributed by atoms with Gasteiger partial charge in [-0.05, 0) is 31.0 Å². The summed E-state index contributed by atoms with van der Waals surface area (Å²) in [5, 5.41) is 18.8. The van der Waals surface area contributed by atoms with Crippen molar-refractivity contribution in [2.75, 3.05) is 12.0 Å². The van der Waals surface area contributed by atoms with Crippen LogP contribution in [0, 0.1) is 5.41 Å². The Morgan fingerprint density at radius 1 is 1.03 bits per heavy atom. The third kappa shape index (κ3) is 3.61. The van der Waals surface area contributed by atoms with Crippen LogP contribution in [0.15, 0.2) is 46.6 Å². The van der Waals surface area contributed by atoms with E-state index in [-0.39, 0.29) is 24.1 Å². The summed E-state index contributed by atoms with van der Waals surface area (Å²) >= 11 is 0. The summed E-state index contributed by atoms with van der Waals surface area (Å²) in [6.07, 6.45) is 5.72. The number of nitrogens with zero attached hydrogens (tertiary/aromatic N) is 2. The molecule has 29 heavy (non-hydrogen) atoms. The van der Waals surface area contributed by atoms with E-state index in [2.05, 4.69) is 15.5 Å². The number of nitrogens with two attached hydrogens (primary N) is 1. The van der Waals surface area contributed by atoms with E-state index in [9.17, 15) is 9.59 Å². The van der Waals surface area contributed by atoms with Crippen molar-refractivity contribution in [2.45, 2.75) is 38.1 Å². The molecule has 1 saturated carbocycles. The summed E-state index contributed by atoms with van der Waals surface area (Å²) in [5.41, 5.74) is 7.91. The smallest absolute Gasteiger partial charge is 0.196 e. The van der Waals surface area contributed by atoms with Gasteiger partial charge in [-0.15, -0.1) is 5.11 Å². The van der Waals surface area contributed by atoms with E-state index in [4.69, 9.17) is 11.1 Å². The lowest BCUT2D eigenvalue weighted by atomic mass is 9.82. The van der Waals surface area contributed by atoms with Crippen LogP contribution in [0.4, 0.5) is 5.69 Å². The molecule has 2 aliphatic rings. The predicted molar refractivity (Wildman–Crippen MR) is 111 cm³/mol. The highest BCUT2D eigenvalue weighted by atomic mass is 16.1. The van der Waals surface area contributed by atoms with Crippen molar-refractivity contribution < 1.29 is 9.59 Å². The molecule has 4 rings (SSSR count). The molecular formula is C22H23N5O2. The van der Waals surface area contributed by atoms with E-state index < -0.39 is 0 Å². The molecule has 0 radical (unpaired) electrons. The summed E-state index contributed by atoms with van der Waals surface area (Å²) in [4.78, 5) is 26.4. The van der Waals surface area contributed by atoms with Crippen molar-refractivity contribution in [1.82, 2.24) is 0 Å². The second kappa shape index (κ2) is 8.05. The Bertz CT molecular complexity index is 1020. The summed E-state index contributed by atoms with van der Waals surface area (Å²) in [5.74, 6) is -0.486. The fourth-order valence-electron chi connectivity index (χ4n) is 4.10. The first-order valence-electron chi connectivity index (χ1n) is 9.89. The van der Waals surface area contributed by atoms with Gasteiger partial charge in [-0.2, -0.15) is 5.11 Å². The Kier molecular flexibility index (Phi) is 5.31. The Hall–Kier alpha value is -3.19. The topological polar surface area (TPSA) is 121 Å². The zero-order valence-corrected chi connectivity index (χ0v) is 16.1. The van der Waals surface area contributed by atoms with Gasteiger partial charge >= 0.3 is 0 Å². The van der Waals surface area contributed by atoms with Gasteiger partial charge in [-0.25, -0.2) is 0 Å². The highest BCUT2D eigenvalue weighted by molar-refractivity contribution is 6.30. The number of azo groups is 1. The highest BCUT2D eigenvalue weighted by Gasteiger charge is 2.32. The highest BCUT2D eigenvalue weighted by Crippen LogP contribution is 2.34. The van der Waals surface area contributed by atoms with Crippen molar-refractivity contribution in [3.63, 3.8) is 0 Å². The number of nitrogens with one attached hydrogen (secondary N) is 2. The monoisotopic (exact) mass is 389 g/mol. The molecule has 0 bridgehead atoms.